The molecule has 0 spiro atoms. The van der Waals surface area contributed by atoms with E-state index in [-0.39, 0.29) is 10.8 Å². The summed E-state index contributed by atoms with van der Waals surface area (Å²) < 4.78 is 31.7. The number of hydrogen-bond acceptors (Lipinski definition) is 4. The van der Waals surface area contributed by atoms with Crippen molar-refractivity contribution >= 4 is 32.4 Å². The van der Waals surface area contributed by atoms with Crippen molar-refractivity contribution in [3.05, 3.63) is 65.7 Å². The Kier molecular flexibility index (Phi) is 5.26. The zero-order valence-corrected chi connectivity index (χ0v) is 18.1. The average Bonchev–Trinajstić information content (AvgIpc) is 2.76. The van der Waals surface area contributed by atoms with E-state index in [9.17, 15) is 13.2 Å². The summed E-state index contributed by atoms with van der Waals surface area (Å²) in [4.78, 5) is 15.5. The summed E-state index contributed by atoms with van der Waals surface area (Å²) in [5.74, 6) is 0.374. The molecule has 0 unspecified atom stereocenters. The van der Waals surface area contributed by atoms with Gasteiger partial charge in [-0.05, 0) is 59.5 Å². The molecule has 0 bridgehead atoms. The van der Waals surface area contributed by atoms with Gasteiger partial charge in [0.15, 0.2) is 0 Å². The first-order valence-corrected chi connectivity index (χ1v) is 11.2. The van der Waals surface area contributed by atoms with Crippen LogP contribution in [0.1, 0.15) is 22.3 Å². The molecule has 4 rings (SSSR count). The Morgan fingerprint density at radius 1 is 1.03 bits per heavy atom. The minimum atomic E-state index is -3.53. The van der Waals surface area contributed by atoms with Crippen LogP contribution in [0.4, 0.5) is 5.69 Å². The van der Waals surface area contributed by atoms with Gasteiger partial charge in [-0.3, -0.25) is 4.79 Å². The van der Waals surface area contributed by atoms with E-state index in [0.29, 0.717) is 17.9 Å². The van der Waals surface area contributed by atoms with Crippen LogP contribution in [0, 0.1) is 0 Å². The number of benzene rings is 3. The van der Waals surface area contributed by atoms with Crippen LogP contribution in [0.15, 0.2) is 59.5 Å². The fraction of sp³-hybridized carbons (Fsp3) is 0.261. The number of carbonyl (C=O) groups excluding carboxylic acids is 1. The fourth-order valence-electron chi connectivity index (χ4n) is 3.86. The number of aryl methyl sites for hydroxylation is 1. The molecule has 0 N–H and O–H groups in total. The SMILES string of the molecule is COc1cc2ccccc2cc1C(=O)N1CCCc2cc(S(=O)(=O)N(C)C)ccc21. The standard InChI is InChI=1S/C23H24N2O4S/c1-24(2)30(27,28)19-10-11-21-18(13-19)9-6-12-25(21)23(26)20-14-16-7-4-5-8-17(16)15-22(20)29-3/h4-5,7-8,10-11,13-15H,6,9,12H2,1-3H3. The van der Waals surface area contributed by atoms with E-state index in [1.54, 1.807) is 30.2 Å². The van der Waals surface area contributed by atoms with Gasteiger partial charge in [0.2, 0.25) is 10.0 Å². The van der Waals surface area contributed by atoms with Crippen LogP contribution in [0.25, 0.3) is 10.8 Å². The summed E-state index contributed by atoms with van der Waals surface area (Å²) in [7, 11) is 1.05. The molecule has 7 heteroatoms. The van der Waals surface area contributed by atoms with Crippen LogP contribution in [-0.2, 0) is 16.4 Å². The van der Waals surface area contributed by atoms with Gasteiger partial charge in [0.05, 0.1) is 17.6 Å². The van der Waals surface area contributed by atoms with E-state index in [1.807, 2.05) is 36.4 Å². The third-order valence-electron chi connectivity index (χ3n) is 5.49. The van der Waals surface area contributed by atoms with Crippen LogP contribution in [0.5, 0.6) is 5.75 Å². The summed E-state index contributed by atoms with van der Waals surface area (Å²) in [5, 5.41) is 1.97. The molecule has 3 aromatic rings. The lowest BCUT2D eigenvalue weighted by atomic mass is 9.99. The molecule has 1 heterocycles. The maximum atomic E-state index is 13.5. The highest BCUT2D eigenvalue weighted by Crippen LogP contribution is 2.34. The molecule has 156 valence electrons. The lowest BCUT2D eigenvalue weighted by Crippen LogP contribution is -2.36. The topological polar surface area (TPSA) is 66.9 Å². The molecule has 30 heavy (non-hydrogen) atoms. The van der Waals surface area contributed by atoms with E-state index in [2.05, 4.69) is 0 Å². The van der Waals surface area contributed by atoms with Crippen molar-refractivity contribution in [3.63, 3.8) is 0 Å². The maximum Gasteiger partial charge on any atom is 0.262 e. The highest BCUT2D eigenvalue weighted by atomic mass is 32.2. The molecule has 6 nitrogen and oxygen atoms in total. The van der Waals surface area contributed by atoms with Crippen LogP contribution in [0.3, 0.4) is 0 Å². The van der Waals surface area contributed by atoms with Crippen molar-refractivity contribution in [2.75, 3.05) is 32.6 Å². The first kappa shape index (κ1) is 20.4. The van der Waals surface area contributed by atoms with Gasteiger partial charge in [0, 0.05) is 26.3 Å². The highest BCUT2D eigenvalue weighted by Gasteiger charge is 2.28. The Labute approximate surface area is 176 Å². The minimum Gasteiger partial charge on any atom is -0.496 e. The predicted octanol–water partition coefficient (Wildman–Crippen LogP) is 3.69. The molecule has 0 aliphatic carbocycles. The number of fused-ring (bicyclic) bond motifs is 2. The van der Waals surface area contributed by atoms with E-state index in [0.717, 1.165) is 34.9 Å². The predicted molar refractivity (Wildman–Crippen MR) is 118 cm³/mol. The number of sulfonamides is 1. The molecule has 0 fully saturated rings. The average molecular weight is 425 g/mol. The Balaban J connectivity index is 1.77. The number of ether oxygens (including phenoxy) is 1. The van der Waals surface area contributed by atoms with Gasteiger partial charge in [-0.15, -0.1) is 0 Å². The first-order chi connectivity index (χ1) is 14.3. The highest BCUT2D eigenvalue weighted by molar-refractivity contribution is 7.89. The second kappa shape index (κ2) is 7.74. The van der Waals surface area contributed by atoms with Crippen molar-refractivity contribution < 1.29 is 17.9 Å². The first-order valence-electron chi connectivity index (χ1n) is 9.77. The minimum absolute atomic E-state index is 0.151. The molecule has 0 atom stereocenters. The quantitative estimate of drug-likeness (QED) is 0.641. The Bertz CT molecular complexity index is 1240. The molecule has 0 radical (unpaired) electrons. The van der Waals surface area contributed by atoms with E-state index in [1.165, 1.54) is 18.4 Å². The van der Waals surface area contributed by atoms with Gasteiger partial charge in [0.1, 0.15) is 5.75 Å². The molecule has 1 aliphatic rings. The molecule has 0 saturated carbocycles. The molecule has 1 amide bonds. The van der Waals surface area contributed by atoms with Gasteiger partial charge in [-0.2, -0.15) is 0 Å². The van der Waals surface area contributed by atoms with Gasteiger partial charge in [-0.25, -0.2) is 12.7 Å². The van der Waals surface area contributed by atoms with Crippen LogP contribution in [0.2, 0.25) is 0 Å². The number of amides is 1. The van der Waals surface area contributed by atoms with Crippen molar-refractivity contribution in [3.8, 4) is 5.75 Å². The Morgan fingerprint density at radius 3 is 2.40 bits per heavy atom. The van der Waals surface area contributed by atoms with Gasteiger partial charge < -0.3 is 9.64 Å². The van der Waals surface area contributed by atoms with Crippen molar-refractivity contribution in [2.24, 2.45) is 0 Å². The molecule has 1 aliphatic heterocycles. The van der Waals surface area contributed by atoms with E-state index < -0.39 is 10.0 Å². The molecule has 0 saturated heterocycles. The van der Waals surface area contributed by atoms with E-state index >= 15 is 0 Å². The van der Waals surface area contributed by atoms with Crippen molar-refractivity contribution in [1.82, 2.24) is 4.31 Å². The molecular formula is C23H24N2O4S. The summed E-state index contributed by atoms with van der Waals surface area (Å²) in [6.45, 7) is 0.571. The fourth-order valence-corrected chi connectivity index (χ4v) is 4.81. The van der Waals surface area contributed by atoms with Gasteiger partial charge in [0.25, 0.3) is 5.91 Å². The summed E-state index contributed by atoms with van der Waals surface area (Å²) in [6, 6.07) is 16.5. The number of carbonyl (C=O) groups is 1. The van der Waals surface area contributed by atoms with Crippen molar-refractivity contribution in [2.45, 2.75) is 17.7 Å². The summed E-state index contributed by atoms with van der Waals surface area (Å²) in [6.07, 6.45) is 1.49. The van der Waals surface area contributed by atoms with Crippen molar-refractivity contribution in [1.29, 1.82) is 0 Å². The molecule has 0 aromatic heterocycles. The summed E-state index contributed by atoms with van der Waals surface area (Å²) in [5.41, 5.74) is 2.10. The monoisotopic (exact) mass is 424 g/mol. The molecular weight excluding hydrogens is 400 g/mol. The smallest absolute Gasteiger partial charge is 0.262 e. The zero-order chi connectivity index (χ0) is 21.5. The summed E-state index contributed by atoms with van der Waals surface area (Å²) >= 11 is 0. The second-order valence-corrected chi connectivity index (χ2v) is 9.69. The Morgan fingerprint density at radius 2 is 1.73 bits per heavy atom. The number of methoxy groups -OCH3 is 1. The number of hydrogen-bond donors (Lipinski definition) is 0. The third-order valence-corrected chi connectivity index (χ3v) is 7.30. The lowest BCUT2D eigenvalue weighted by Gasteiger charge is -2.30. The number of nitrogens with zero attached hydrogens (tertiary/aromatic N) is 2. The largest absolute Gasteiger partial charge is 0.496 e. The number of anilines is 1. The molecule has 3 aromatic carbocycles. The normalized spacial score (nSPS) is 14.1. The van der Waals surface area contributed by atoms with Crippen LogP contribution >= 0.6 is 0 Å². The van der Waals surface area contributed by atoms with Crippen LogP contribution in [-0.4, -0.2) is 46.4 Å². The third kappa shape index (κ3) is 3.44. The van der Waals surface area contributed by atoms with Crippen LogP contribution < -0.4 is 9.64 Å². The van der Waals surface area contributed by atoms with Gasteiger partial charge >= 0.3 is 0 Å². The maximum absolute atomic E-state index is 13.5. The number of rotatable bonds is 4. The lowest BCUT2D eigenvalue weighted by molar-refractivity contribution is 0.0982. The Hall–Kier alpha value is -2.90. The second-order valence-electron chi connectivity index (χ2n) is 7.54. The van der Waals surface area contributed by atoms with E-state index in [4.69, 9.17) is 4.74 Å². The van der Waals surface area contributed by atoms with Gasteiger partial charge in [-0.1, -0.05) is 24.3 Å². The zero-order valence-electron chi connectivity index (χ0n) is 17.3.